The van der Waals surface area contributed by atoms with E-state index in [-0.39, 0.29) is 10.8 Å². The van der Waals surface area contributed by atoms with Crippen LogP contribution < -0.4 is 0 Å². The minimum atomic E-state index is -3.70. The summed E-state index contributed by atoms with van der Waals surface area (Å²) in [4.78, 5) is 9.09. The summed E-state index contributed by atoms with van der Waals surface area (Å²) in [6, 6.07) is 16.5. The normalized spacial score (nSPS) is 17.8. The van der Waals surface area contributed by atoms with Gasteiger partial charge in [0.25, 0.3) is 0 Å². The second-order valence-electron chi connectivity index (χ2n) is 7.50. The molecule has 0 amide bonds. The second-order valence-corrected chi connectivity index (χ2v) is 10.3. The van der Waals surface area contributed by atoms with Crippen LogP contribution in [0.5, 0.6) is 0 Å². The summed E-state index contributed by atoms with van der Waals surface area (Å²) in [5.41, 5.74) is 1.34. The number of hydrogen-bond acceptors (Lipinski definition) is 6. The van der Waals surface area contributed by atoms with Gasteiger partial charge in [0, 0.05) is 34.7 Å². The van der Waals surface area contributed by atoms with Gasteiger partial charge >= 0.3 is 0 Å². The van der Waals surface area contributed by atoms with E-state index in [0.717, 1.165) is 28.3 Å². The zero-order valence-corrected chi connectivity index (χ0v) is 18.9. The molecule has 3 heterocycles. The van der Waals surface area contributed by atoms with Crippen molar-refractivity contribution in [3.8, 4) is 11.4 Å². The summed E-state index contributed by atoms with van der Waals surface area (Å²) in [6.45, 7) is 0.753. The number of aromatic nitrogens is 3. The van der Waals surface area contributed by atoms with Gasteiger partial charge in [0.2, 0.25) is 21.7 Å². The first-order valence-corrected chi connectivity index (χ1v) is 12.2. The van der Waals surface area contributed by atoms with Crippen LogP contribution >= 0.6 is 15.9 Å². The average molecular weight is 499 g/mol. The van der Waals surface area contributed by atoms with Crippen LogP contribution in [0.1, 0.15) is 24.7 Å². The number of halogens is 1. The monoisotopic (exact) mass is 498 g/mol. The van der Waals surface area contributed by atoms with Crippen LogP contribution in [0.3, 0.4) is 0 Å². The molecule has 5 rings (SSSR count). The minimum absolute atomic E-state index is 0.150. The lowest BCUT2D eigenvalue weighted by atomic mass is 10.00. The molecule has 158 valence electrons. The molecule has 1 atom stereocenters. The molecule has 31 heavy (non-hydrogen) atoms. The average Bonchev–Trinajstić information content (AvgIpc) is 3.29. The van der Waals surface area contributed by atoms with Gasteiger partial charge in [-0.3, -0.25) is 4.98 Å². The highest BCUT2D eigenvalue weighted by atomic mass is 79.9. The number of piperidine rings is 1. The first-order chi connectivity index (χ1) is 15.0. The third-order valence-corrected chi connectivity index (χ3v) is 7.92. The van der Waals surface area contributed by atoms with Crippen molar-refractivity contribution in [2.75, 3.05) is 13.1 Å². The van der Waals surface area contributed by atoms with Gasteiger partial charge in [0.15, 0.2) is 0 Å². The first-order valence-electron chi connectivity index (χ1n) is 9.96. The number of para-hydroxylation sites is 1. The van der Waals surface area contributed by atoms with Gasteiger partial charge in [-0.1, -0.05) is 39.3 Å². The molecule has 2 aromatic heterocycles. The number of pyridine rings is 1. The van der Waals surface area contributed by atoms with Gasteiger partial charge in [-0.2, -0.15) is 9.29 Å². The summed E-state index contributed by atoms with van der Waals surface area (Å²) in [7, 11) is -3.70. The molecule has 0 radical (unpaired) electrons. The fourth-order valence-electron chi connectivity index (χ4n) is 3.90. The highest BCUT2D eigenvalue weighted by Crippen LogP contribution is 2.32. The summed E-state index contributed by atoms with van der Waals surface area (Å²) in [5, 5.41) is 4.90. The van der Waals surface area contributed by atoms with E-state index in [0.29, 0.717) is 30.3 Å². The van der Waals surface area contributed by atoms with E-state index in [1.165, 1.54) is 4.31 Å². The lowest BCUT2D eigenvalue weighted by molar-refractivity contribution is 0.266. The Morgan fingerprint density at radius 3 is 2.71 bits per heavy atom. The van der Waals surface area contributed by atoms with Gasteiger partial charge in [-0.25, -0.2) is 8.42 Å². The van der Waals surface area contributed by atoms with E-state index in [9.17, 15) is 8.42 Å². The van der Waals surface area contributed by atoms with Crippen molar-refractivity contribution >= 4 is 36.9 Å². The second kappa shape index (κ2) is 8.14. The number of hydrogen-bond donors (Lipinski definition) is 0. The molecule has 7 nitrogen and oxygen atoms in total. The van der Waals surface area contributed by atoms with E-state index in [1.54, 1.807) is 24.4 Å². The molecule has 1 fully saturated rings. The number of nitrogens with zero attached hydrogens (tertiary/aromatic N) is 4. The number of fused-ring (bicyclic) bond motifs is 1. The molecule has 1 unspecified atom stereocenters. The summed E-state index contributed by atoms with van der Waals surface area (Å²) in [6.07, 6.45) is 3.13. The standard InChI is InChI=1S/C22H19BrN4O3S/c23-18-10-8-16(9-11-18)21-25-22(30-26-21)17-6-3-13-27(14-17)31(28,29)19-7-1-4-15-5-2-12-24-20(15)19/h1-2,4-5,7-12,17H,3,6,13-14H2. The molecule has 1 aliphatic rings. The van der Waals surface area contributed by atoms with Crippen LogP contribution in [0.4, 0.5) is 0 Å². The summed E-state index contributed by atoms with van der Waals surface area (Å²) in [5.74, 6) is 0.817. The van der Waals surface area contributed by atoms with Crippen molar-refractivity contribution in [1.29, 1.82) is 0 Å². The van der Waals surface area contributed by atoms with Crippen LogP contribution in [0.15, 0.2) is 74.7 Å². The van der Waals surface area contributed by atoms with Crippen molar-refractivity contribution in [3.63, 3.8) is 0 Å². The fourth-order valence-corrected chi connectivity index (χ4v) is 5.86. The Balaban J connectivity index is 1.42. The van der Waals surface area contributed by atoms with E-state index < -0.39 is 10.0 Å². The predicted octanol–water partition coefficient (Wildman–Crippen LogP) is 4.62. The van der Waals surface area contributed by atoms with Crippen molar-refractivity contribution in [2.45, 2.75) is 23.7 Å². The zero-order valence-electron chi connectivity index (χ0n) is 16.5. The molecule has 1 aliphatic heterocycles. The van der Waals surface area contributed by atoms with Gasteiger partial charge in [-0.05, 0) is 49.2 Å². The maximum absolute atomic E-state index is 13.5. The smallest absolute Gasteiger partial charge is 0.245 e. The highest BCUT2D eigenvalue weighted by molar-refractivity contribution is 9.10. The third-order valence-electron chi connectivity index (χ3n) is 5.49. The Bertz CT molecular complexity index is 1330. The van der Waals surface area contributed by atoms with Crippen molar-refractivity contribution in [1.82, 2.24) is 19.4 Å². The maximum atomic E-state index is 13.5. The minimum Gasteiger partial charge on any atom is -0.339 e. The van der Waals surface area contributed by atoms with Crippen LogP contribution in [0, 0.1) is 0 Å². The van der Waals surface area contributed by atoms with E-state index >= 15 is 0 Å². The van der Waals surface area contributed by atoms with Gasteiger partial charge in [0.05, 0.1) is 11.4 Å². The number of rotatable bonds is 4. The largest absolute Gasteiger partial charge is 0.339 e. The Kier molecular flexibility index (Phi) is 5.33. The van der Waals surface area contributed by atoms with Crippen LogP contribution in [-0.2, 0) is 10.0 Å². The van der Waals surface area contributed by atoms with Gasteiger partial charge in [0.1, 0.15) is 4.90 Å². The van der Waals surface area contributed by atoms with Crippen LogP contribution in [0.25, 0.3) is 22.3 Å². The molecule has 1 saturated heterocycles. The zero-order chi connectivity index (χ0) is 21.4. The Hall–Kier alpha value is -2.62. The van der Waals surface area contributed by atoms with Crippen LogP contribution in [-0.4, -0.2) is 40.9 Å². The molecule has 2 aromatic carbocycles. The molecule has 0 aliphatic carbocycles. The maximum Gasteiger partial charge on any atom is 0.245 e. The topological polar surface area (TPSA) is 89.2 Å². The highest BCUT2D eigenvalue weighted by Gasteiger charge is 2.34. The molecule has 0 bridgehead atoms. The molecular formula is C22H19BrN4O3S. The molecule has 4 aromatic rings. The molecular weight excluding hydrogens is 480 g/mol. The third kappa shape index (κ3) is 3.88. The Morgan fingerprint density at radius 2 is 1.87 bits per heavy atom. The quantitative estimate of drug-likeness (QED) is 0.407. The van der Waals surface area contributed by atoms with Gasteiger partial charge < -0.3 is 4.52 Å². The lowest BCUT2D eigenvalue weighted by Crippen LogP contribution is -2.39. The van der Waals surface area contributed by atoms with Crippen LogP contribution in [0.2, 0.25) is 0 Å². The Labute approximate surface area is 188 Å². The molecule has 0 saturated carbocycles. The van der Waals surface area contributed by atoms with E-state index in [4.69, 9.17) is 4.52 Å². The first kappa shape index (κ1) is 20.3. The number of benzene rings is 2. The lowest BCUT2D eigenvalue weighted by Gasteiger charge is -2.30. The van der Waals surface area contributed by atoms with E-state index in [1.807, 2.05) is 36.4 Å². The predicted molar refractivity (Wildman–Crippen MR) is 120 cm³/mol. The SMILES string of the molecule is O=S(=O)(c1cccc2cccnc12)N1CCCC(c2nc(-c3ccc(Br)cc3)no2)C1. The van der Waals surface area contributed by atoms with Gasteiger partial charge in [-0.15, -0.1) is 0 Å². The summed E-state index contributed by atoms with van der Waals surface area (Å²) < 4.78 is 34.9. The van der Waals surface area contributed by atoms with Crippen molar-refractivity contribution in [2.24, 2.45) is 0 Å². The molecule has 0 spiro atoms. The molecule has 9 heteroatoms. The Morgan fingerprint density at radius 1 is 1.06 bits per heavy atom. The molecule has 0 N–H and O–H groups in total. The van der Waals surface area contributed by atoms with Crippen molar-refractivity contribution < 1.29 is 12.9 Å². The number of sulfonamides is 1. The summed E-state index contributed by atoms with van der Waals surface area (Å²) >= 11 is 3.41. The van der Waals surface area contributed by atoms with Crippen molar-refractivity contribution in [3.05, 3.63) is 71.2 Å². The fraction of sp³-hybridized carbons (Fsp3) is 0.227. The van der Waals surface area contributed by atoms with E-state index in [2.05, 4.69) is 31.1 Å².